The first-order valence-corrected chi connectivity index (χ1v) is 5.92. The minimum absolute atomic E-state index is 0.338. The van der Waals surface area contributed by atoms with E-state index in [-0.39, 0.29) is 0 Å². The van der Waals surface area contributed by atoms with Crippen LogP contribution in [0.4, 0.5) is 0 Å². The minimum atomic E-state index is 0.338. The van der Waals surface area contributed by atoms with Gasteiger partial charge < -0.3 is 5.32 Å². The summed E-state index contributed by atoms with van der Waals surface area (Å²) in [5, 5.41) is 3.47. The first-order chi connectivity index (χ1) is 6.55. The summed E-state index contributed by atoms with van der Waals surface area (Å²) in [5.74, 6) is 0. The van der Waals surface area contributed by atoms with Crippen molar-refractivity contribution in [3.05, 3.63) is 11.6 Å². The van der Waals surface area contributed by atoms with Crippen LogP contribution in [0.2, 0.25) is 0 Å². The number of hydrogen-bond acceptors (Lipinski definition) is 1. The van der Waals surface area contributed by atoms with Crippen molar-refractivity contribution in [1.82, 2.24) is 5.32 Å². The predicted molar refractivity (Wildman–Crippen MR) is 63.5 cm³/mol. The Labute approximate surface area is 89.0 Å². The van der Waals surface area contributed by atoms with E-state index < -0.39 is 0 Å². The molecule has 0 aromatic carbocycles. The quantitative estimate of drug-likeness (QED) is 0.665. The number of nitrogens with one attached hydrogen (secondary N) is 1. The molecule has 1 N–H and O–H groups in total. The largest absolute Gasteiger partial charge is 0.313 e. The summed E-state index contributed by atoms with van der Waals surface area (Å²) in [7, 11) is 2.08. The van der Waals surface area contributed by atoms with Crippen LogP contribution in [0.1, 0.15) is 52.9 Å². The van der Waals surface area contributed by atoms with Crippen LogP contribution in [0.3, 0.4) is 0 Å². The fourth-order valence-electron chi connectivity index (χ4n) is 2.48. The average molecular weight is 195 g/mol. The maximum absolute atomic E-state index is 3.47. The molecule has 0 bridgehead atoms. The first kappa shape index (κ1) is 11.8. The standard InChI is InChI=1S/C13H25N/c1-13(2,3)12(14-4)11-9-7-5-6-8-10-11/h9,12,14H,5-8,10H2,1-4H3. The molecule has 0 fully saturated rings. The second-order valence-corrected chi connectivity index (χ2v) is 5.47. The Morgan fingerprint density at radius 1 is 1.21 bits per heavy atom. The van der Waals surface area contributed by atoms with E-state index in [4.69, 9.17) is 0 Å². The van der Waals surface area contributed by atoms with Gasteiger partial charge in [-0.3, -0.25) is 0 Å². The normalized spacial score (nSPS) is 21.3. The fraction of sp³-hybridized carbons (Fsp3) is 0.846. The van der Waals surface area contributed by atoms with E-state index in [9.17, 15) is 0 Å². The van der Waals surface area contributed by atoms with Crippen molar-refractivity contribution >= 4 is 0 Å². The summed E-state index contributed by atoms with van der Waals surface area (Å²) in [6.45, 7) is 6.96. The van der Waals surface area contributed by atoms with E-state index >= 15 is 0 Å². The summed E-state index contributed by atoms with van der Waals surface area (Å²) >= 11 is 0. The Balaban J connectivity index is 2.72. The molecule has 1 atom stereocenters. The second kappa shape index (κ2) is 4.97. The molecule has 0 spiro atoms. The molecule has 0 aromatic rings. The number of hydrogen-bond donors (Lipinski definition) is 1. The van der Waals surface area contributed by atoms with Crippen LogP contribution in [-0.4, -0.2) is 13.1 Å². The average Bonchev–Trinajstić information content (AvgIpc) is 2.31. The van der Waals surface area contributed by atoms with Gasteiger partial charge in [-0.05, 0) is 38.1 Å². The molecule has 1 unspecified atom stereocenters. The molecular weight excluding hydrogens is 170 g/mol. The van der Waals surface area contributed by atoms with Crippen LogP contribution in [-0.2, 0) is 0 Å². The molecule has 14 heavy (non-hydrogen) atoms. The van der Waals surface area contributed by atoms with Gasteiger partial charge in [-0.1, -0.05) is 38.8 Å². The SMILES string of the molecule is CNC(C1=CCCCCC1)C(C)(C)C. The lowest BCUT2D eigenvalue weighted by Crippen LogP contribution is -2.39. The molecule has 1 aliphatic carbocycles. The van der Waals surface area contributed by atoms with Crippen molar-refractivity contribution in [3.8, 4) is 0 Å². The van der Waals surface area contributed by atoms with E-state index in [0.29, 0.717) is 11.5 Å². The Hall–Kier alpha value is -0.300. The lowest BCUT2D eigenvalue weighted by atomic mass is 9.80. The number of rotatable bonds is 2. The highest BCUT2D eigenvalue weighted by Gasteiger charge is 2.26. The van der Waals surface area contributed by atoms with E-state index in [1.807, 2.05) is 0 Å². The fourth-order valence-corrected chi connectivity index (χ4v) is 2.48. The van der Waals surface area contributed by atoms with E-state index in [2.05, 4.69) is 39.2 Å². The Bertz CT molecular complexity index is 198. The van der Waals surface area contributed by atoms with Gasteiger partial charge in [0.05, 0.1) is 0 Å². The van der Waals surface area contributed by atoms with Gasteiger partial charge in [-0.2, -0.15) is 0 Å². The Morgan fingerprint density at radius 3 is 2.50 bits per heavy atom. The van der Waals surface area contributed by atoms with Crippen molar-refractivity contribution in [2.75, 3.05) is 7.05 Å². The van der Waals surface area contributed by atoms with Crippen LogP contribution in [0.25, 0.3) is 0 Å². The van der Waals surface area contributed by atoms with Crippen LogP contribution in [0.15, 0.2) is 11.6 Å². The van der Waals surface area contributed by atoms with Crippen molar-refractivity contribution in [3.63, 3.8) is 0 Å². The maximum atomic E-state index is 3.47. The molecule has 1 heteroatoms. The zero-order chi connectivity index (χ0) is 10.6. The summed E-state index contributed by atoms with van der Waals surface area (Å²) in [6.07, 6.45) is 9.20. The smallest absolute Gasteiger partial charge is 0.0325 e. The van der Waals surface area contributed by atoms with Gasteiger partial charge in [0.15, 0.2) is 0 Å². The van der Waals surface area contributed by atoms with Gasteiger partial charge in [-0.15, -0.1) is 0 Å². The van der Waals surface area contributed by atoms with Crippen LogP contribution < -0.4 is 5.32 Å². The van der Waals surface area contributed by atoms with Crippen LogP contribution >= 0.6 is 0 Å². The van der Waals surface area contributed by atoms with Gasteiger partial charge in [0, 0.05) is 6.04 Å². The number of likely N-dealkylation sites (N-methyl/N-ethyl adjacent to an activating group) is 1. The van der Waals surface area contributed by atoms with E-state index in [1.54, 1.807) is 5.57 Å². The van der Waals surface area contributed by atoms with Gasteiger partial charge in [0.1, 0.15) is 0 Å². The molecule has 0 radical (unpaired) electrons. The van der Waals surface area contributed by atoms with Crippen molar-refractivity contribution in [1.29, 1.82) is 0 Å². The second-order valence-electron chi connectivity index (χ2n) is 5.47. The molecule has 1 nitrogen and oxygen atoms in total. The maximum Gasteiger partial charge on any atom is 0.0325 e. The third-order valence-corrected chi connectivity index (χ3v) is 3.10. The van der Waals surface area contributed by atoms with Crippen LogP contribution in [0.5, 0.6) is 0 Å². The van der Waals surface area contributed by atoms with E-state index in [0.717, 1.165) is 0 Å². The predicted octanol–water partition coefficient (Wildman–Crippen LogP) is 3.51. The molecule has 1 aliphatic rings. The highest BCUT2D eigenvalue weighted by molar-refractivity contribution is 5.15. The molecule has 0 aliphatic heterocycles. The Morgan fingerprint density at radius 2 is 1.93 bits per heavy atom. The van der Waals surface area contributed by atoms with Crippen LogP contribution in [0, 0.1) is 5.41 Å². The zero-order valence-electron chi connectivity index (χ0n) is 10.2. The number of allylic oxidation sites excluding steroid dienone is 1. The summed E-state index contributed by atoms with van der Waals surface area (Å²) < 4.78 is 0. The third kappa shape index (κ3) is 3.13. The monoisotopic (exact) mass is 195 g/mol. The molecule has 0 heterocycles. The molecule has 0 amide bonds. The Kier molecular flexibility index (Phi) is 4.18. The summed E-state index contributed by atoms with van der Waals surface area (Å²) in [4.78, 5) is 0. The van der Waals surface area contributed by atoms with Crippen molar-refractivity contribution < 1.29 is 0 Å². The molecule has 1 rings (SSSR count). The van der Waals surface area contributed by atoms with Gasteiger partial charge in [0.25, 0.3) is 0 Å². The summed E-state index contributed by atoms with van der Waals surface area (Å²) in [5.41, 5.74) is 1.97. The first-order valence-electron chi connectivity index (χ1n) is 5.92. The van der Waals surface area contributed by atoms with Gasteiger partial charge >= 0.3 is 0 Å². The lowest BCUT2D eigenvalue weighted by molar-refractivity contribution is 0.310. The molecule has 0 saturated carbocycles. The highest BCUT2D eigenvalue weighted by Crippen LogP contribution is 2.29. The summed E-state index contributed by atoms with van der Waals surface area (Å²) in [6, 6.07) is 0.556. The van der Waals surface area contributed by atoms with Gasteiger partial charge in [0.2, 0.25) is 0 Å². The zero-order valence-corrected chi connectivity index (χ0v) is 10.2. The van der Waals surface area contributed by atoms with E-state index in [1.165, 1.54) is 32.1 Å². The van der Waals surface area contributed by atoms with Crippen molar-refractivity contribution in [2.45, 2.75) is 58.9 Å². The molecular formula is C13H25N. The third-order valence-electron chi connectivity index (χ3n) is 3.10. The minimum Gasteiger partial charge on any atom is -0.313 e. The lowest BCUT2D eigenvalue weighted by Gasteiger charge is -2.32. The topological polar surface area (TPSA) is 12.0 Å². The highest BCUT2D eigenvalue weighted by atomic mass is 14.9. The molecule has 0 saturated heterocycles. The van der Waals surface area contributed by atoms with Gasteiger partial charge in [-0.25, -0.2) is 0 Å². The van der Waals surface area contributed by atoms with Crippen molar-refractivity contribution in [2.24, 2.45) is 5.41 Å². The molecule has 82 valence electrons. The molecule has 0 aromatic heterocycles.